The zero-order valence-corrected chi connectivity index (χ0v) is 25.8. The van der Waals surface area contributed by atoms with Gasteiger partial charge in [-0.15, -0.1) is 0 Å². The summed E-state index contributed by atoms with van der Waals surface area (Å²) in [4.78, 5) is 12.4. The highest BCUT2D eigenvalue weighted by molar-refractivity contribution is 5.80. The second kappa shape index (κ2) is 29.0. The van der Waals surface area contributed by atoms with Crippen LogP contribution in [0, 0.1) is 0 Å². The van der Waals surface area contributed by atoms with E-state index in [1.165, 1.54) is 51.4 Å². The number of carbonyl (C=O) groups is 1. The number of nitrogens with one attached hydrogen (secondary N) is 1. The van der Waals surface area contributed by atoms with Gasteiger partial charge in [-0.05, 0) is 70.6 Å². The Labute approximate surface area is 246 Å². The molecule has 6 nitrogen and oxygen atoms in total. The summed E-state index contributed by atoms with van der Waals surface area (Å²) in [6.45, 7) is 3.90. The lowest BCUT2D eigenvalue weighted by Gasteiger charge is -2.27. The van der Waals surface area contributed by atoms with Crippen LogP contribution in [0.25, 0.3) is 0 Å². The number of amides is 1. The van der Waals surface area contributed by atoms with E-state index in [1.807, 2.05) is 0 Å². The zero-order valence-electron chi connectivity index (χ0n) is 25.8. The highest BCUT2D eigenvalue weighted by Gasteiger charge is 2.28. The molecule has 0 aromatic carbocycles. The molecule has 0 heterocycles. The first kappa shape index (κ1) is 38.5. The number of aliphatic hydroxyl groups excluding tert-OH is 4. The Kier molecular flexibility index (Phi) is 28.0. The average molecular weight is 566 g/mol. The first-order chi connectivity index (χ1) is 19.5. The van der Waals surface area contributed by atoms with Crippen LogP contribution in [0.15, 0.2) is 36.5 Å². The van der Waals surface area contributed by atoms with E-state index in [0.29, 0.717) is 19.3 Å². The smallest absolute Gasteiger partial charge is 0.249 e. The van der Waals surface area contributed by atoms with Crippen LogP contribution in [0.4, 0.5) is 0 Å². The summed E-state index contributed by atoms with van der Waals surface area (Å²) in [6.07, 6.45) is 30.2. The third-order valence-electron chi connectivity index (χ3n) is 7.28. The number of carbonyl (C=O) groups excluding carboxylic acids is 1. The van der Waals surface area contributed by atoms with Gasteiger partial charge in [-0.25, -0.2) is 0 Å². The van der Waals surface area contributed by atoms with Gasteiger partial charge >= 0.3 is 0 Å². The Morgan fingerprint density at radius 3 is 1.68 bits per heavy atom. The van der Waals surface area contributed by atoms with Crippen molar-refractivity contribution in [1.82, 2.24) is 5.32 Å². The van der Waals surface area contributed by atoms with Gasteiger partial charge in [-0.2, -0.15) is 0 Å². The van der Waals surface area contributed by atoms with E-state index in [4.69, 9.17) is 0 Å². The zero-order chi connectivity index (χ0) is 29.7. The molecule has 0 saturated carbocycles. The molecule has 0 radical (unpaired) electrons. The summed E-state index contributed by atoms with van der Waals surface area (Å²) in [5.74, 6) is -0.609. The number of hydrogen-bond donors (Lipinski definition) is 5. The van der Waals surface area contributed by atoms with Gasteiger partial charge in [0.1, 0.15) is 12.2 Å². The minimum atomic E-state index is -1.29. The Hall–Kier alpha value is -1.47. The maximum Gasteiger partial charge on any atom is 0.249 e. The van der Waals surface area contributed by atoms with Crippen molar-refractivity contribution in [3.63, 3.8) is 0 Å². The van der Waals surface area contributed by atoms with Crippen LogP contribution in [0.2, 0.25) is 0 Å². The van der Waals surface area contributed by atoms with E-state index in [2.05, 4.69) is 55.6 Å². The molecule has 4 atom stereocenters. The molecule has 6 heteroatoms. The summed E-state index contributed by atoms with van der Waals surface area (Å²) in [6, 6.07) is -1.01. The van der Waals surface area contributed by atoms with E-state index in [-0.39, 0.29) is 0 Å². The second-order valence-corrected chi connectivity index (χ2v) is 11.1. The molecule has 1 amide bonds. The minimum Gasteiger partial charge on any atom is -0.394 e. The quantitative estimate of drug-likeness (QED) is 0.0515. The molecular formula is C34H63NO5. The first-order valence-corrected chi connectivity index (χ1v) is 16.4. The Balaban J connectivity index is 3.95. The van der Waals surface area contributed by atoms with Crippen molar-refractivity contribution >= 4 is 5.91 Å². The molecule has 234 valence electrons. The third kappa shape index (κ3) is 23.3. The number of rotatable bonds is 28. The van der Waals surface area contributed by atoms with E-state index in [0.717, 1.165) is 57.8 Å². The van der Waals surface area contributed by atoms with Gasteiger partial charge in [0.05, 0.1) is 18.8 Å². The highest BCUT2D eigenvalue weighted by atomic mass is 16.3. The van der Waals surface area contributed by atoms with Gasteiger partial charge in [0.2, 0.25) is 5.91 Å². The number of aliphatic hydroxyl groups is 4. The van der Waals surface area contributed by atoms with Crippen molar-refractivity contribution in [2.24, 2.45) is 0 Å². The summed E-state index contributed by atoms with van der Waals surface area (Å²) in [5, 5.41) is 43.1. The molecule has 0 aliphatic rings. The van der Waals surface area contributed by atoms with Gasteiger partial charge in [-0.1, -0.05) is 108 Å². The van der Waals surface area contributed by atoms with Crippen LogP contribution in [0.3, 0.4) is 0 Å². The van der Waals surface area contributed by atoms with Crippen molar-refractivity contribution in [3.05, 3.63) is 36.5 Å². The Morgan fingerprint density at radius 1 is 0.600 bits per heavy atom. The summed E-state index contributed by atoms with van der Waals surface area (Å²) < 4.78 is 0. The lowest BCUT2D eigenvalue weighted by atomic mass is 10.00. The fourth-order valence-electron chi connectivity index (χ4n) is 4.59. The molecule has 0 bridgehead atoms. The molecular weight excluding hydrogens is 502 g/mol. The van der Waals surface area contributed by atoms with Crippen molar-refractivity contribution in [2.45, 2.75) is 167 Å². The standard InChI is InChI=1S/C34H63NO5/c1-3-5-7-9-11-13-15-16-17-18-20-22-24-26-28-32(38)34(40)35-30(29-36)33(39)31(37)27-25-23-21-19-14-12-10-8-6-4-2/h8,10,13,15,19,21,30-33,36-39H,3-7,9,11-12,14,16-18,20,22-29H2,1-2H3,(H,35,40)/b10-8+,15-13-,21-19+. The molecule has 0 aliphatic heterocycles. The van der Waals surface area contributed by atoms with Crippen LogP contribution in [-0.2, 0) is 4.79 Å². The van der Waals surface area contributed by atoms with Crippen molar-refractivity contribution in [1.29, 1.82) is 0 Å². The van der Waals surface area contributed by atoms with Crippen LogP contribution in [-0.4, -0.2) is 57.3 Å². The van der Waals surface area contributed by atoms with E-state index in [9.17, 15) is 25.2 Å². The molecule has 0 aromatic rings. The summed E-state index contributed by atoms with van der Waals surface area (Å²) in [5.41, 5.74) is 0. The number of allylic oxidation sites excluding steroid dienone is 6. The third-order valence-corrected chi connectivity index (χ3v) is 7.28. The van der Waals surface area contributed by atoms with Crippen LogP contribution >= 0.6 is 0 Å². The van der Waals surface area contributed by atoms with E-state index in [1.54, 1.807) is 0 Å². The van der Waals surface area contributed by atoms with Gasteiger partial charge in [0.15, 0.2) is 0 Å². The monoisotopic (exact) mass is 565 g/mol. The number of unbranched alkanes of at least 4 members (excludes halogenated alkanes) is 13. The van der Waals surface area contributed by atoms with Gasteiger partial charge in [0, 0.05) is 0 Å². The molecule has 0 saturated heterocycles. The molecule has 0 aliphatic carbocycles. The fraction of sp³-hybridized carbons (Fsp3) is 0.794. The first-order valence-electron chi connectivity index (χ1n) is 16.4. The van der Waals surface area contributed by atoms with E-state index < -0.39 is 36.9 Å². The van der Waals surface area contributed by atoms with Gasteiger partial charge < -0.3 is 25.7 Å². The molecule has 5 N–H and O–H groups in total. The van der Waals surface area contributed by atoms with Crippen LogP contribution < -0.4 is 5.32 Å². The molecule has 0 spiro atoms. The number of hydrogen-bond acceptors (Lipinski definition) is 5. The average Bonchev–Trinajstić information content (AvgIpc) is 2.96. The predicted octanol–water partition coefficient (Wildman–Crippen LogP) is 7.06. The highest BCUT2D eigenvalue weighted by Crippen LogP contribution is 2.13. The topological polar surface area (TPSA) is 110 Å². The summed E-state index contributed by atoms with van der Waals surface area (Å²) >= 11 is 0. The van der Waals surface area contributed by atoms with Crippen LogP contribution in [0.5, 0.6) is 0 Å². The molecule has 0 aromatic heterocycles. The molecule has 4 unspecified atom stereocenters. The van der Waals surface area contributed by atoms with Crippen molar-refractivity contribution < 1.29 is 25.2 Å². The normalized spacial score (nSPS) is 15.2. The van der Waals surface area contributed by atoms with Crippen LogP contribution in [0.1, 0.15) is 142 Å². The maximum atomic E-state index is 12.4. The molecule has 0 rings (SSSR count). The largest absolute Gasteiger partial charge is 0.394 e. The minimum absolute atomic E-state index is 0.351. The SMILES string of the molecule is CCC/C=C/CC/C=C/CCCC(O)C(O)C(CO)NC(=O)C(O)CCCCCCCC/C=C\CCCCCC. The lowest BCUT2D eigenvalue weighted by Crippen LogP contribution is -2.53. The predicted molar refractivity (Wildman–Crippen MR) is 168 cm³/mol. The molecule has 0 fully saturated rings. The Morgan fingerprint density at radius 2 is 1.10 bits per heavy atom. The van der Waals surface area contributed by atoms with Crippen molar-refractivity contribution in [3.8, 4) is 0 Å². The molecule has 40 heavy (non-hydrogen) atoms. The Bertz CT molecular complexity index is 648. The van der Waals surface area contributed by atoms with E-state index >= 15 is 0 Å². The maximum absolute atomic E-state index is 12.4. The van der Waals surface area contributed by atoms with Crippen molar-refractivity contribution in [2.75, 3.05) is 6.61 Å². The fourth-order valence-corrected chi connectivity index (χ4v) is 4.59. The summed E-state index contributed by atoms with van der Waals surface area (Å²) in [7, 11) is 0. The second-order valence-electron chi connectivity index (χ2n) is 11.1. The van der Waals surface area contributed by atoms with Gasteiger partial charge in [0.25, 0.3) is 0 Å². The van der Waals surface area contributed by atoms with Gasteiger partial charge in [-0.3, -0.25) is 4.79 Å². The lowest BCUT2D eigenvalue weighted by molar-refractivity contribution is -0.132.